The van der Waals surface area contributed by atoms with Gasteiger partial charge in [0.25, 0.3) is 0 Å². The van der Waals surface area contributed by atoms with Crippen LogP contribution in [0.3, 0.4) is 0 Å². The lowest BCUT2D eigenvalue weighted by molar-refractivity contribution is -0.147. The standard InChI is InChI=1S/C16H20O4/c17-15(14-7-9-19-10-8-14)12-16(18)20-11-6-13-4-2-1-3-5-13/h1-5,14H,6-12H2. The first-order valence-electron chi connectivity index (χ1n) is 7.05. The lowest BCUT2D eigenvalue weighted by Gasteiger charge is -2.20. The van der Waals surface area contributed by atoms with Gasteiger partial charge in [0.2, 0.25) is 0 Å². The first kappa shape index (κ1) is 14.7. The first-order chi connectivity index (χ1) is 9.75. The molecule has 1 aromatic rings. The van der Waals surface area contributed by atoms with Crippen molar-refractivity contribution in [1.82, 2.24) is 0 Å². The molecule has 1 heterocycles. The molecule has 0 atom stereocenters. The second-order valence-corrected chi connectivity index (χ2v) is 4.99. The van der Waals surface area contributed by atoms with Crippen LogP contribution in [0.4, 0.5) is 0 Å². The minimum absolute atomic E-state index is 0.0157. The predicted octanol–water partition coefficient (Wildman–Crippen LogP) is 2.16. The topological polar surface area (TPSA) is 52.6 Å². The maximum absolute atomic E-state index is 11.9. The van der Waals surface area contributed by atoms with Crippen molar-refractivity contribution in [3.8, 4) is 0 Å². The molecule has 0 aromatic heterocycles. The van der Waals surface area contributed by atoms with E-state index < -0.39 is 5.97 Å². The molecule has 108 valence electrons. The minimum Gasteiger partial charge on any atom is -0.465 e. The molecule has 0 spiro atoms. The highest BCUT2D eigenvalue weighted by Gasteiger charge is 2.23. The fourth-order valence-electron chi connectivity index (χ4n) is 2.28. The molecule has 1 aliphatic rings. The number of rotatable bonds is 6. The van der Waals surface area contributed by atoms with Gasteiger partial charge in [-0.15, -0.1) is 0 Å². The van der Waals surface area contributed by atoms with Crippen LogP contribution >= 0.6 is 0 Å². The predicted molar refractivity (Wildman–Crippen MR) is 74.3 cm³/mol. The van der Waals surface area contributed by atoms with Crippen LogP contribution in [0, 0.1) is 5.92 Å². The largest absolute Gasteiger partial charge is 0.465 e. The maximum atomic E-state index is 11.9. The molecule has 1 fully saturated rings. The van der Waals surface area contributed by atoms with Gasteiger partial charge in [-0.3, -0.25) is 9.59 Å². The molecule has 0 unspecified atom stereocenters. The van der Waals surface area contributed by atoms with Gasteiger partial charge >= 0.3 is 5.97 Å². The highest BCUT2D eigenvalue weighted by Crippen LogP contribution is 2.17. The van der Waals surface area contributed by atoms with E-state index in [-0.39, 0.29) is 18.1 Å². The van der Waals surface area contributed by atoms with Crippen molar-refractivity contribution in [3.05, 3.63) is 35.9 Å². The van der Waals surface area contributed by atoms with Gasteiger partial charge in [-0.25, -0.2) is 0 Å². The van der Waals surface area contributed by atoms with E-state index in [0.29, 0.717) is 26.2 Å². The fraction of sp³-hybridized carbons (Fsp3) is 0.500. The van der Waals surface area contributed by atoms with Gasteiger partial charge in [0.05, 0.1) is 6.61 Å². The highest BCUT2D eigenvalue weighted by atomic mass is 16.5. The zero-order valence-corrected chi connectivity index (χ0v) is 11.5. The summed E-state index contributed by atoms with van der Waals surface area (Å²) in [5.41, 5.74) is 1.12. The third-order valence-electron chi connectivity index (χ3n) is 3.49. The van der Waals surface area contributed by atoms with Gasteiger partial charge in [-0.1, -0.05) is 30.3 Å². The van der Waals surface area contributed by atoms with Crippen LogP contribution in [0.2, 0.25) is 0 Å². The summed E-state index contributed by atoms with van der Waals surface area (Å²) in [6.45, 7) is 1.54. The number of Topliss-reactive ketones (excluding diaryl/α,β-unsaturated/α-hetero) is 1. The van der Waals surface area contributed by atoms with Gasteiger partial charge in [-0.05, 0) is 18.4 Å². The van der Waals surface area contributed by atoms with Gasteiger partial charge in [0.15, 0.2) is 0 Å². The average molecular weight is 276 g/mol. The molecule has 0 amide bonds. The lowest BCUT2D eigenvalue weighted by atomic mass is 9.94. The Kier molecular flexibility index (Phi) is 5.74. The highest BCUT2D eigenvalue weighted by molar-refractivity contribution is 5.96. The summed E-state index contributed by atoms with van der Waals surface area (Å²) in [7, 11) is 0. The first-order valence-corrected chi connectivity index (χ1v) is 7.05. The van der Waals surface area contributed by atoms with Crippen LogP contribution in [0.5, 0.6) is 0 Å². The SMILES string of the molecule is O=C(CC(=O)C1CCOCC1)OCCc1ccccc1. The monoisotopic (exact) mass is 276 g/mol. The number of ketones is 1. The summed E-state index contributed by atoms with van der Waals surface area (Å²) < 4.78 is 10.3. The molecule has 0 radical (unpaired) electrons. The summed E-state index contributed by atoms with van der Waals surface area (Å²) >= 11 is 0. The maximum Gasteiger partial charge on any atom is 0.313 e. The Morgan fingerprint density at radius 1 is 1.15 bits per heavy atom. The minimum atomic E-state index is -0.419. The van der Waals surface area contributed by atoms with E-state index in [1.807, 2.05) is 30.3 Å². The molecule has 0 saturated carbocycles. The molecule has 0 aliphatic carbocycles. The van der Waals surface area contributed by atoms with Crippen LogP contribution in [-0.2, 0) is 25.5 Å². The third-order valence-corrected chi connectivity index (χ3v) is 3.49. The molecular formula is C16H20O4. The van der Waals surface area contributed by atoms with Crippen LogP contribution < -0.4 is 0 Å². The Hall–Kier alpha value is -1.68. The van der Waals surface area contributed by atoms with Crippen molar-refractivity contribution in [2.45, 2.75) is 25.7 Å². The van der Waals surface area contributed by atoms with Crippen LogP contribution in [0.25, 0.3) is 0 Å². The zero-order valence-electron chi connectivity index (χ0n) is 11.5. The summed E-state index contributed by atoms with van der Waals surface area (Å²) in [4.78, 5) is 23.5. The second-order valence-electron chi connectivity index (χ2n) is 4.99. The molecule has 4 heteroatoms. The van der Waals surface area contributed by atoms with Crippen molar-refractivity contribution < 1.29 is 19.1 Å². The zero-order chi connectivity index (χ0) is 14.2. The van der Waals surface area contributed by atoms with E-state index in [2.05, 4.69) is 0 Å². The van der Waals surface area contributed by atoms with Gasteiger partial charge in [0.1, 0.15) is 12.2 Å². The molecule has 2 rings (SSSR count). The molecule has 20 heavy (non-hydrogen) atoms. The van der Waals surface area contributed by atoms with Gasteiger partial charge in [0, 0.05) is 25.6 Å². The number of carbonyl (C=O) groups is 2. The van der Waals surface area contributed by atoms with Crippen molar-refractivity contribution in [2.75, 3.05) is 19.8 Å². The second kappa shape index (κ2) is 7.80. The van der Waals surface area contributed by atoms with Gasteiger partial charge < -0.3 is 9.47 Å². The Morgan fingerprint density at radius 3 is 2.55 bits per heavy atom. The molecule has 1 aromatic carbocycles. The third kappa shape index (κ3) is 4.78. The normalized spacial score (nSPS) is 15.8. The number of carbonyl (C=O) groups excluding carboxylic acids is 2. The summed E-state index contributed by atoms with van der Waals surface area (Å²) in [6, 6.07) is 9.82. The van der Waals surface area contributed by atoms with Crippen molar-refractivity contribution in [2.24, 2.45) is 5.92 Å². The Balaban J connectivity index is 1.66. The number of ether oxygens (including phenoxy) is 2. The molecule has 1 saturated heterocycles. The van der Waals surface area contributed by atoms with E-state index in [4.69, 9.17) is 9.47 Å². The van der Waals surface area contributed by atoms with E-state index in [9.17, 15) is 9.59 Å². The van der Waals surface area contributed by atoms with E-state index in [1.54, 1.807) is 0 Å². The summed E-state index contributed by atoms with van der Waals surface area (Å²) in [5.74, 6) is -0.471. The van der Waals surface area contributed by atoms with Crippen molar-refractivity contribution in [1.29, 1.82) is 0 Å². The number of esters is 1. The quantitative estimate of drug-likeness (QED) is 0.590. The van der Waals surface area contributed by atoms with Crippen molar-refractivity contribution >= 4 is 11.8 Å². The van der Waals surface area contributed by atoms with Crippen LogP contribution in [0.15, 0.2) is 30.3 Å². The smallest absolute Gasteiger partial charge is 0.313 e. The molecule has 0 N–H and O–H groups in total. The van der Waals surface area contributed by atoms with Crippen LogP contribution in [0.1, 0.15) is 24.8 Å². The molecular weight excluding hydrogens is 256 g/mol. The summed E-state index contributed by atoms with van der Waals surface area (Å²) in [6.07, 6.45) is 2.00. The van der Waals surface area contributed by atoms with Crippen LogP contribution in [-0.4, -0.2) is 31.6 Å². The lowest BCUT2D eigenvalue weighted by Crippen LogP contribution is -2.26. The van der Waals surface area contributed by atoms with E-state index in [1.165, 1.54) is 0 Å². The number of hydrogen-bond donors (Lipinski definition) is 0. The molecule has 4 nitrogen and oxygen atoms in total. The Bertz CT molecular complexity index is 435. The molecule has 0 bridgehead atoms. The van der Waals surface area contributed by atoms with Crippen molar-refractivity contribution in [3.63, 3.8) is 0 Å². The van der Waals surface area contributed by atoms with E-state index >= 15 is 0 Å². The molecule has 1 aliphatic heterocycles. The number of benzene rings is 1. The fourth-order valence-corrected chi connectivity index (χ4v) is 2.28. The number of hydrogen-bond acceptors (Lipinski definition) is 4. The average Bonchev–Trinajstić information content (AvgIpc) is 2.49. The Morgan fingerprint density at radius 2 is 1.85 bits per heavy atom. The van der Waals surface area contributed by atoms with E-state index in [0.717, 1.165) is 18.4 Å². The Labute approximate surface area is 119 Å². The van der Waals surface area contributed by atoms with Gasteiger partial charge in [-0.2, -0.15) is 0 Å². The summed E-state index contributed by atoms with van der Waals surface area (Å²) in [5, 5.41) is 0.